The first-order valence-corrected chi connectivity index (χ1v) is 12.2. The van der Waals surface area contributed by atoms with Crippen molar-refractivity contribution >= 4 is 45.7 Å². The number of anilines is 3. The average molecular weight is 487 g/mol. The van der Waals surface area contributed by atoms with Crippen molar-refractivity contribution in [1.82, 2.24) is 14.8 Å². The fourth-order valence-electron chi connectivity index (χ4n) is 4.88. The average Bonchev–Trinajstić information content (AvgIpc) is 3.28. The molecule has 36 heavy (non-hydrogen) atoms. The van der Waals surface area contributed by atoms with Gasteiger partial charge in [-0.15, -0.1) is 0 Å². The largest absolute Gasteiger partial charge is 0.367 e. The van der Waals surface area contributed by atoms with Gasteiger partial charge in [-0.1, -0.05) is 19.6 Å². The second-order valence-corrected chi connectivity index (χ2v) is 9.01. The third-order valence-corrected chi connectivity index (χ3v) is 6.88. The lowest BCUT2D eigenvalue weighted by Crippen LogP contribution is -2.46. The summed E-state index contributed by atoms with van der Waals surface area (Å²) in [7, 11) is 0. The van der Waals surface area contributed by atoms with Crippen molar-refractivity contribution in [1.29, 1.82) is 0 Å². The van der Waals surface area contributed by atoms with E-state index >= 15 is 0 Å². The Morgan fingerprint density at radius 1 is 1.03 bits per heavy atom. The van der Waals surface area contributed by atoms with Crippen molar-refractivity contribution in [3.05, 3.63) is 66.4 Å². The Morgan fingerprint density at radius 2 is 1.83 bits per heavy atom. The molecule has 0 radical (unpaired) electrons. The molecule has 3 N–H and O–H groups in total. The van der Waals surface area contributed by atoms with E-state index in [2.05, 4.69) is 39.3 Å². The van der Waals surface area contributed by atoms with Crippen molar-refractivity contribution < 1.29 is 14.4 Å². The highest BCUT2D eigenvalue weighted by Gasteiger charge is 2.22. The molecule has 0 atom stereocenters. The van der Waals surface area contributed by atoms with Gasteiger partial charge in [-0.05, 0) is 49.0 Å². The molecule has 3 aromatic rings. The quantitative estimate of drug-likeness (QED) is 0.466. The van der Waals surface area contributed by atoms with Crippen molar-refractivity contribution in [2.75, 3.05) is 54.8 Å². The summed E-state index contributed by atoms with van der Waals surface area (Å²) < 4.78 is 1.95. The van der Waals surface area contributed by atoms with Crippen LogP contribution < -0.4 is 20.9 Å². The molecule has 2 aromatic carbocycles. The third-order valence-electron chi connectivity index (χ3n) is 6.88. The molecule has 0 saturated carbocycles. The highest BCUT2D eigenvalue weighted by atomic mass is 16.2. The number of aromatic nitrogens is 1. The van der Waals surface area contributed by atoms with Gasteiger partial charge in [0.15, 0.2) is 0 Å². The Labute approximate surface area is 209 Å². The third kappa shape index (κ3) is 4.57. The fourth-order valence-corrected chi connectivity index (χ4v) is 4.88. The van der Waals surface area contributed by atoms with E-state index in [9.17, 15) is 14.4 Å². The topological polar surface area (TPSA) is 98.7 Å². The van der Waals surface area contributed by atoms with Crippen LogP contribution in [0, 0.1) is 0 Å². The van der Waals surface area contributed by atoms with Gasteiger partial charge in [-0.25, -0.2) is 0 Å². The van der Waals surface area contributed by atoms with Crippen LogP contribution in [0.1, 0.15) is 27.8 Å². The van der Waals surface area contributed by atoms with Crippen LogP contribution >= 0.6 is 0 Å². The van der Waals surface area contributed by atoms with Crippen LogP contribution in [0.4, 0.5) is 17.1 Å². The van der Waals surface area contributed by atoms with Crippen LogP contribution in [0.25, 0.3) is 10.9 Å². The van der Waals surface area contributed by atoms with Crippen LogP contribution in [-0.4, -0.2) is 66.5 Å². The van der Waals surface area contributed by atoms with E-state index < -0.39 is 0 Å². The maximum Gasteiger partial charge on any atom is 0.268 e. The van der Waals surface area contributed by atoms with E-state index in [0.29, 0.717) is 35.7 Å². The molecule has 0 aliphatic carbocycles. The Balaban J connectivity index is 1.39. The van der Waals surface area contributed by atoms with E-state index in [1.165, 1.54) is 6.08 Å². The minimum absolute atomic E-state index is 0.103. The molecule has 0 bridgehead atoms. The SMILES string of the molecule is C=CC(=O)Nc1cc(NC(=O)c2ccc3cc4n(c3c2)CCNC4=O)ccc1N1CCN(CC)CC1. The molecule has 9 heteroatoms. The molecular weight excluding hydrogens is 456 g/mol. The summed E-state index contributed by atoms with van der Waals surface area (Å²) in [5, 5.41) is 9.60. The predicted octanol–water partition coefficient (Wildman–Crippen LogP) is 2.90. The van der Waals surface area contributed by atoms with Crippen LogP contribution in [0.2, 0.25) is 0 Å². The molecule has 5 rings (SSSR count). The number of nitrogens with zero attached hydrogens (tertiary/aromatic N) is 3. The summed E-state index contributed by atoms with van der Waals surface area (Å²) >= 11 is 0. The number of hydrogen-bond donors (Lipinski definition) is 3. The lowest BCUT2D eigenvalue weighted by atomic mass is 10.1. The van der Waals surface area contributed by atoms with Crippen molar-refractivity contribution in [2.24, 2.45) is 0 Å². The second kappa shape index (κ2) is 9.87. The van der Waals surface area contributed by atoms with Gasteiger partial charge < -0.3 is 30.3 Å². The Hall–Kier alpha value is -4.11. The van der Waals surface area contributed by atoms with Gasteiger partial charge in [0.25, 0.3) is 11.8 Å². The molecule has 1 fully saturated rings. The zero-order valence-electron chi connectivity index (χ0n) is 20.3. The monoisotopic (exact) mass is 486 g/mol. The van der Waals surface area contributed by atoms with Gasteiger partial charge in [0.05, 0.1) is 11.4 Å². The summed E-state index contributed by atoms with van der Waals surface area (Å²) in [6.07, 6.45) is 1.23. The van der Waals surface area contributed by atoms with Gasteiger partial charge in [0.2, 0.25) is 5.91 Å². The molecule has 186 valence electrons. The molecule has 0 spiro atoms. The normalized spacial score (nSPS) is 15.8. The van der Waals surface area contributed by atoms with E-state index in [0.717, 1.165) is 49.3 Å². The van der Waals surface area contributed by atoms with Crippen molar-refractivity contribution in [3.8, 4) is 0 Å². The van der Waals surface area contributed by atoms with Crippen molar-refractivity contribution in [3.63, 3.8) is 0 Å². The first kappa shape index (κ1) is 23.6. The molecule has 2 aliphatic rings. The predicted molar refractivity (Wildman–Crippen MR) is 142 cm³/mol. The highest BCUT2D eigenvalue weighted by molar-refractivity contribution is 6.08. The van der Waals surface area contributed by atoms with Gasteiger partial charge in [-0.2, -0.15) is 0 Å². The summed E-state index contributed by atoms with van der Waals surface area (Å²) in [4.78, 5) is 42.1. The Morgan fingerprint density at radius 3 is 2.58 bits per heavy atom. The van der Waals surface area contributed by atoms with Crippen LogP contribution in [0.3, 0.4) is 0 Å². The maximum atomic E-state index is 13.1. The molecule has 1 aromatic heterocycles. The molecule has 3 amide bonds. The lowest BCUT2D eigenvalue weighted by molar-refractivity contribution is -0.111. The summed E-state index contributed by atoms with van der Waals surface area (Å²) in [5.41, 5.74) is 4.07. The van der Waals surface area contributed by atoms with Gasteiger partial charge in [0, 0.05) is 61.4 Å². The summed E-state index contributed by atoms with van der Waals surface area (Å²) in [6.45, 7) is 11.6. The van der Waals surface area contributed by atoms with Crippen LogP contribution in [0.15, 0.2) is 55.1 Å². The van der Waals surface area contributed by atoms with Gasteiger partial charge in [-0.3, -0.25) is 14.4 Å². The Bertz CT molecular complexity index is 1350. The number of amides is 3. The van der Waals surface area contributed by atoms with E-state index in [1.807, 2.05) is 34.9 Å². The molecule has 0 unspecified atom stereocenters. The number of carbonyl (C=O) groups excluding carboxylic acids is 3. The first-order chi connectivity index (χ1) is 17.5. The number of fused-ring (bicyclic) bond motifs is 3. The van der Waals surface area contributed by atoms with E-state index in [-0.39, 0.29) is 17.7 Å². The molecule has 1 saturated heterocycles. The minimum Gasteiger partial charge on any atom is -0.367 e. The van der Waals surface area contributed by atoms with Crippen LogP contribution in [0.5, 0.6) is 0 Å². The number of carbonyl (C=O) groups is 3. The number of hydrogen-bond acceptors (Lipinski definition) is 5. The molecule has 9 nitrogen and oxygen atoms in total. The zero-order chi connectivity index (χ0) is 25.2. The lowest BCUT2D eigenvalue weighted by Gasteiger charge is -2.36. The second-order valence-electron chi connectivity index (χ2n) is 9.01. The molecule has 2 aliphatic heterocycles. The number of nitrogens with one attached hydrogen (secondary N) is 3. The molecule has 3 heterocycles. The Kier molecular flexibility index (Phi) is 6.47. The minimum atomic E-state index is -0.306. The number of likely N-dealkylation sites (N-methyl/N-ethyl adjacent to an activating group) is 1. The number of piperazine rings is 1. The zero-order valence-corrected chi connectivity index (χ0v) is 20.3. The summed E-state index contributed by atoms with van der Waals surface area (Å²) in [5.74, 6) is -0.675. The standard InChI is InChI=1S/C27H30N6O3/c1-3-25(34)30-21-17-20(7-8-22(21)32-13-11-31(4-2)12-14-32)29-26(35)19-6-5-18-15-24-27(36)28-9-10-33(24)23(18)16-19/h3,5-8,15-17H,1,4,9-14H2,2H3,(H,28,36)(H,29,35)(H,30,34). The smallest absolute Gasteiger partial charge is 0.268 e. The molecular formula is C27H30N6O3. The van der Waals surface area contributed by atoms with Gasteiger partial charge in [0.1, 0.15) is 5.69 Å². The number of benzene rings is 2. The maximum absolute atomic E-state index is 13.1. The van der Waals surface area contributed by atoms with E-state index in [4.69, 9.17) is 0 Å². The fraction of sp³-hybridized carbons (Fsp3) is 0.296. The van der Waals surface area contributed by atoms with E-state index in [1.54, 1.807) is 12.1 Å². The van der Waals surface area contributed by atoms with Crippen LogP contribution in [-0.2, 0) is 11.3 Å². The highest BCUT2D eigenvalue weighted by Crippen LogP contribution is 2.31. The first-order valence-electron chi connectivity index (χ1n) is 12.2. The van der Waals surface area contributed by atoms with Crippen molar-refractivity contribution in [2.45, 2.75) is 13.5 Å². The number of rotatable bonds is 6. The summed E-state index contributed by atoms with van der Waals surface area (Å²) in [6, 6.07) is 12.8. The van der Waals surface area contributed by atoms with Gasteiger partial charge >= 0.3 is 0 Å².